The number of hydrogen-bond donors (Lipinski definition) is 1. The topological polar surface area (TPSA) is 90.9 Å². The molecule has 0 aliphatic rings. The van der Waals surface area contributed by atoms with Crippen molar-refractivity contribution in [2.24, 2.45) is 0 Å². The number of rotatable bonds is 6. The first-order valence-corrected chi connectivity index (χ1v) is 8.66. The van der Waals surface area contributed by atoms with Crippen LogP contribution in [0.2, 0.25) is 0 Å². The third-order valence-electron chi connectivity index (χ3n) is 3.69. The fourth-order valence-corrected chi connectivity index (χ4v) is 3.39. The van der Waals surface area contributed by atoms with Crippen molar-refractivity contribution in [3.05, 3.63) is 51.9 Å². The summed E-state index contributed by atoms with van der Waals surface area (Å²) >= 11 is 0.960. The Balaban J connectivity index is 2.24. The molecule has 0 saturated carbocycles. The van der Waals surface area contributed by atoms with Crippen LogP contribution in [-0.4, -0.2) is 39.2 Å². The van der Waals surface area contributed by atoms with Gasteiger partial charge in [0.25, 0.3) is 0 Å². The first kappa shape index (κ1) is 20.2. The van der Waals surface area contributed by atoms with E-state index in [1.54, 1.807) is 44.4 Å². The molecular weight excluding hydrogens is 370 g/mol. The lowest BCUT2D eigenvalue weighted by Crippen LogP contribution is -2.11. The van der Waals surface area contributed by atoms with Crippen molar-refractivity contribution >= 4 is 40.3 Å². The molecule has 0 spiro atoms. The second kappa shape index (κ2) is 9.00. The molecule has 7 nitrogen and oxygen atoms in total. The summed E-state index contributed by atoms with van der Waals surface area (Å²) in [5.41, 5.74) is 1.33. The number of carbonyl (C=O) groups excluding carboxylic acids is 3. The Morgan fingerprint density at radius 2 is 1.63 bits per heavy atom. The van der Waals surface area contributed by atoms with Gasteiger partial charge in [0.1, 0.15) is 15.6 Å². The second-order valence-corrected chi connectivity index (χ2v) is 6.36. The SMILES string of the molecule is COC(=O)c1sc(NC(=O)C=Cc2ccc(OC)cc2)c(C(=O)OC)c1C. The van der Waals surface area contributed by atoms with Crippen molar-refractivity contribution in [1.29, 1.82) is 0 Å². The Morgan fingerprint density at radius 1 is 1.00 bits per heavy atom. The lowest BCUT2D eigenvalue weighted by atomic mass is 10.1. The molecule has 142 valence electrons. The van der Waals surface area contributed by atoms with Crippen molar-refractivity contribution in [3.8, 4) is 5.75 Å². The molecule has 1 aromatic heterocycles. The van der Waals surface area contributed by atoms with Crippen molar-refractivity contribution in [2.75, 3.05) is 26.6 Å². The summed E-state index contributed by atoms with van der Waals surface area (Å²) < 4.78 is 14.5. The summed E-state index contributed by atoms with van der Waals surface area (Å²) in [5, 5.41) is 2.84. The first-order valence-electron chi connectivity index (χ1n) is 7.84. The summed E-state index contributed by atoms with van der Waals surface area (Å²) in [5.74, 6) is -0.970. The number of amides is 1. The van der Waals surface area contributed by atoms with Crippen molar-refractivity contribution in [2.45, 2.75) is 6.92 Å². The Bertz CT molecular complexity index is 882. The molecule has 1 aromatic carbocycles. The van der Waals surface area contributed by atoms with Gasteiger partial charge in [-0.3, -0.25) is 4.79 Å². The van der Waals surface area contributed by atoms with Gasteiger partial charge >= 0.3 is 11.9 Å². The van der Waals surface area contributed by atoms with Crippen LogP contribution in [0.25, 0.3) is 6.08 Å². The molecule has 0 atom stereocenters. The molecule has 1 N–H and O–H groups in total. The molecule has 0 fully saturated rings. The highest BCUT2D eigenvalue weighted by molar-refractivity contribution is 7.18. The third-order valence-corrected chi connectivity index (χ3v) is 4.87. The highest BCUT2D eigenvalue weighted by Crippen LogP contribution is 2.34. The molecule has 0 bridgehead atoms. The summed E-state index contributed by atoms with van der Waals surface area (Å²) in [6.07, 6.45) is 2.95. The molecule has 1 amide bonds. The van der Waals surface area contributed by atoms with E-state index in [0.717, 1.165) is 16.9 Å². The predicted molar refractivity (Wildman–Crippen MR) is 102 cm³/mol. The Hall–Kier alpha value is -3.13. The minimum atomic E-state index is -0.645. The average Bonchev–Trinajstić information content (AvgIpc) is 3.01. The van der Waals surface area contributed by atoms with Crippen molar-refractivity contribution in [1.82, 2.24) is 0 Å². The van der Waals surface area contributed by atoms with Crippen LogP contribution in [0.15, 0.2) is 30.3 Å². The minimum Gasteiger partial charge on any atom is -0.497 e. The van der Waals surface area contributed by atoms with Gasteiger partial charge in [0.15, 0.2) is 0 Å². The number of carbonyl (C=O) groups is 3. The molecule has 0 aliphatic carbocycles. The maximum absolute atomic E-state index is 12.2. The monoisotopic (exact) mass is 389 g/mol. The summed E-state index contributed by atoms with van der Waals surface area (Å²) in [6.45, 7) is 1.60. The molecule has 0 unspecified atom stereocenters. The zero-order valence-corrected chi connectivity index (χ0v) is 16.1. The Kier molecular flexibility index (Phi) is 6.73. The zero-order valence-electron chi connectivity index (χ0n) is 15.3. The lowest BCUT2D eigenvalue weighted by molar-refractivity contribution is -0.111. The fraction of sp³-hybridized carbons (Fsp3) is 0.211. The molecule has 0 aliphatic heterocycles. The van der Waals surface area contributed by atoms with E-state index >= 15 is 0 Å². The third kappa shape index (κ3) is 4.73. The van der Waals surface area contributed by atoms with Gasteiger partial charge in [-0.1, -0.05) is 12.1 Å². The van der Waals surface area contributed by atoms with Crippen LogP contribution in [0.1, 0.15) is 31.2 Å². The quantitative estimate of drug-likeness (QED) is 0.602. The predicted octanol–water partition coefficient (Wildman–Crippen LogP) is 3.29. The molecule has 1 heterocycles. The maximum atomic E-state index is 12.2. The summed E-state index contributed by atoms with van der Waals surface area (Å²) in [7, 11) is 4.05. The van der Waals surface area contributed by atoms with E-state index < -0.39 is 17.8 Å². The van der Waals surface area contributed by atoms with E-state index in [1.165, 1.54) is 20.3 Å². The van der Waals surface area contributed by atoms with Crippen LogP contribution in [0.4, 0.5) is 5.00 Å². The van der Waals surface area contributed by atoms with E-state index in [-0.39, 0.29) is 15.4 Å². The van der Waals surface area contributed by atoms with E-state index in [0.29, 0.717) is 11.3 Å². The molecular formula is C19H19NO6S. The van der Waals surface area contributed by atoms with Gasteiger partial charge in [-0.15, -0.1) is 11.3 Å². The van der Waals surface area contributed by atoms with Gasteiger partial charge in [-0.2, -0.15) is 0 Å². The van der Waals surface area contributed by atoms with Gasteiger partial charge in [0, 0.05) is 6.08 Å². The molecule has 2 rings (SSSR count). The smallest absolute Gasteiger partial charge is 0.348 e. The molecule has 2 aromatic rings. The van der Waals surface area contributed by atoms with Crippen molar-refractivity contribution < 1.29 is 28.6 Å². The number of hydrogen-bond acceptors (Lipinski definition) is 7. The average molecular weight is 389 g/mol. The fourth-order valence-electron chi connectivity index (χ4n) is 2.28. The van der Waals surface area contributed by atoms with E-state index in [1.807, 2.05) is 0 Å². The number of methoxy groups -OCH3 is 3. The Morgan fingerprint density at radius 3 is 2.19 bits per heavy atom. The van der Waals surface area contributed by atoms with Gasteiger partial charge < -0.3 is 19.5 Å². The van der Waals surface area contributed by atoms with Crippen molar-refractivity contribution in [3.63, 3.8) is 0 Å². The maximum Gasteiger partial charge on any atom is 0.348 e. The molecule has 0 saturated heterocycles. The van der Waals surface area contributed by atoms with Crippen LogP contribution >= 0.6 is 11.3 Å². The van der Waals surface area contributed by atoms with Crippen LogP contribution in [0, 0.1) is 6.92 Å². The normalized spacial score (nSPS) is 10.5. The highest BCUT2D eigenvalue weighted by atomic mass is 32.1. The number of esters is 2. The van der Waals surface area contributed by atoms with Gasteiger partial charge in [-0.05, 0) is 36.3 Å². The Labute approximate surface area is 160 Å². The molecule has 0 radical (unpaired) electrons. The van der Waals surface area contributed by atoms with Crippen LogP contribution in [-0.2, 0) is 14.3 Å². The van der Waals surface area contributed by atoms with Gasteiger partial charge in [-0.25, -0.2) is 9.59 Å². The lowest BCUT2D eigenvalue weighted by Gasteiger charge is -2.04. The van der Waals surface area contributed by atoms with Crippen LogP contribution in [0.5, 0.6) is 5.75 Å². The van der Waals surface area contributed by atoms with Gasteiger partial charge in [0.2, 0.25) is 5.91 Å². The van der Waals surface area contributed by atoms with E-state index in [2.05, 4.69) is 5.32 Å². The number of nitrogens with one attached hydrogen (secondary N) is 1. The molecule has 8 heteroatoms. The summed E-state index contributed by atoms with van der Waals surface area (Å²) in [4.78, 5) is 36.4. The largest absolute Gasteiger partial charge is 0.497 e. The number of ether oxygens (including phenoxy) is 3. The highest BCUT2D eigenvalue weighted by Gasteiger charge is 2.26. The van der Waals surface area contributed by atoms with Gasteiger partial charge in [0.05, 0.1) is 26.9 Å². The summed E-state index contributed by atoms with van der Waals surface area (Å²) in [6, 6.07) is 7.15. The number of benzene rings is 1. The zero-order chi connectivity index (χ0) is 20.0. The first-order chi connectivity index (χ1) is 12.9. The standard InChI is InChI=1S/C19H19NO6S/c1-11-15(18(22)25-3)17(27-16(11)19(23)26-4)20-14(21)10-7-12-5-8-13(24-2)9-6-12/h5-10H,1-4H3,(H,20,21). The molecule has 27 heavy (non-hydrogen) atoms. The second-order valence-electron chi connectivity index (χ2n) is 5.34. The van der Waals surface area contributed by atoms with E-state index in [4.69, 9.17) is 14.2 Å². The van der Waals surface area contributed by atoms with Crippen LogP contribution < -0.4 is 10.1 Å². The number of thiophene rings is 1. The number of anilines is 1. The van der Waals surface area contributed by atoms with Crippen LogP contribution in [0.3, 0.4) is 0 Å². The van der Waals surface area contributed by atoms with E-state index in [9.17, 15) is 14.4 Å². The minimum absolute atomic E-state index is 0.133.